The molecule has 6 heteroatoms. The summed E-state index contributed by atoms with van der Waals surface area (Å²) in [4.78, 5) is 11.5. The van der Waals surface area contributed by atoms with Crippen molar-refractivity contribution in [2.24, 2.45) is 5.92 Å². The summed E-state index contributed by atoms with van der Waals surface area (Å²) in [5.41, 5.74) is 0. The van der Waals surface area contributed by atoms with Gasteiger partial charge < -0.3 is 9.15 Å². The predicted octanol–water partition coefficient (Wildman–Crippen LogP) is 1.42. The van der Waals surface area contributed by atoms with E-state index in [2.05, 4.69) is 10.2 Å². The molecule has 0 N–H and O–H groups in total. The van der Waals surface area contributed by atoms with Crippen LogP contribution in [-0.4, -0.2) is 28.5 Å². The summed E-state index contributed by atoms with van der Waals surface area (Å²) in [6, 6.07) is 0. The summed E-state index contributed by atoms with van der Waals surface area (Å²) in [6.07, 6.45) is 2.14. The van der Waals surface area contributed by atoms with Crippen molar-refractivity contribution in [1.29, 1.82) is 0 Å². The normalized spacial score (nSPS) is 17.5. The van der Waals surface area contributed by atoms with Gasteiger partial charge in [0.05, 0.1) is 7.11 Å². The van der Waals surface area contributed by atoms with Crippen LogP contribution in [0.2, 0.25) is 0 Å². The van der Waals surface area contributed by atoms with Crippen molar-refractivity contribution < 1.29 is 13.9 Å². The standard InChI is InChI=1S/C9H12N2O3S/c1-5-10-11-9(14-5)15-7(6-3-4-6)8(12)13-2/h6-7H,3-4H2,1-2H3. The van der Waals surface area contributed by atoms with Gasteiger partial charge in [-0.1, -0.05) is 0 Å². The Bertz CT molecular complexity index is 362. The van der Waals surface area contributed by atoms with Gasteiger partial charge >= 0.3 is 5.97 Å². The number of aryl methyl sites for hydroxylation is 1. The number of nitrogens with zero attached hydrogens (tertiary/aromatic N) is 2. The van der Waals surface area contributed by atoms with Gasteiger partial charge in [-0.15, -0.1) is 10.2 Å². The van der Waals surface area contributed by atoms with E-state index in [0.29, 0.717) is 17.0 Å². The van der Waals surface area contributed by atoms with Crippen molar-refractivity contribution in [1.82, 2.24) is 10.2 Å². The molecule has 1 aromatic heterocycles. The molecule has 82 valence electrons. The lowest BCUT2D eigenvalue weighted by atomic mass is 10.3. The van der Waals surface area contributed by atoms with Gasteiger partial charge in [0, 0.05) is 6.92 Å². The predicted molar refractivity (Wildman–Crippen MR) is 53.4 cm³/mol. The van der Waals surface area contributed by atoms with Crippen molar-refractivity contribution in [3.8, 4) is 0 Å². The third kappa shape index (κ3) is 2.50. The summed E-state index contributed by atoms with van der Waals surface area (Å²) >= 11 is 1.30. The summed E-state index contributed by atoms with van der Waals surface area (Å²) in [5.74, 6) is 0.699. The van der Waals surface area contributed by atoms with Crippen LogP contribution in [0, 0.1) is 12.8 Å². The van der Waals surface area contributed by atoms with Crippen LogP contribution in [0.1, 0.15) is 18.7 Å². The molecule has 0 radical (unpaired) electrons. The highest BCUT2D eigenvalue weighted by Crippen LogP contribution is 2.41. The lowest BCUT2D eigenvalue weighted by Crippen LogP contribution is -2.20. The van der Waals surface area contributed by atoms with Crippen LogP contribution in [0.25, 0.3) is 0 Å². The molecule has 1 aliphatic rings. The van der Waals surface area contributed by atoms with E-state index in [0.717, 1.165) is 12.8 Å². The number of carbonyl (C=O) groups excluding carboxylic acids is 1. The summed E-state index contributed by atoms with van der Waals surface area (Å²) in [5, 5.41) is 7.81. The zero-order valence-electron chi connectivity index (χ0n) is 8.60. The van der Waals surface area contributed by atoms with E-state index in [1.807, 2.05) is 0 Å². The molecule has 1 aromatic rings. The highest BCUT2D eigenvalue weighted by Gasteiger charge is 2.38. The van der Waals surface area contributed by atoms with Crippen LogP contribution in [0.5, 0.6) is 0 Å². The van der Waals surface area contributed by atoms with Gasteiger partial charge in [-0.25, -0.2) is 0 Å². The molecule has 0 saturated heterocycles. The zero-order valence-corrected chi connectivity index (χ0v) is 9.41. The third-order valence-corrected chi connectivity index (χ3v) is 3.42. The average molecular weight is 228 g/mol. The van der Waals surface area contributed by atoms with E-state index in [4.69, 9.17) is 9.15 Å². The SMILES string of the molecule is COC(=O)C(Sc1nnc(C)o1)C1CC1. The van der Waals surface area contributed by atoms with E-state index < -0.39 is 0 Å². The van der Waals surface area contributed by atoms with Crippen molar-refractivity contribution in [2.45, 2.75) is 30.2 Å². The lowest BCUT2D eigenvalue weighted by molar-refractivity contribution is -0.140. The molecule has 0 aromatic carbocycles. The van der Waals surface area contributed by atoms with Crippen molar-refractivity contribution in [3.63, 3.8) is 0 Å². The summed E-state index contributed by atoms with van der Waals surface area (Å²) in [7, 11) is 1.40. The molecule has 2 rings (SSSR count). The first kappa shape index (κ1) is 10.5. The van der Waals surface area contributed by atoms with Crippen molar-refractivity contribution >= 4 is 17.7 Å². The topological polar surface area (TPSA) is 65.2 Å². The van der Waals surface area contributed by atoms with E-state index in [-0.39, 0.29) is 11.2 Å². The first-order valence-electron chi connectivity index (χ1n) is 4.75. The second-order valence-corrected chi connectivity index (χ2v) is 4.58. The van der Waals surface area contributed by atoms with Crippen LogP contribution in [0.3, 0.4) is 0 Å². The highest BCUT2D eigenvalue weighted by molar-refractivity contribution is 8.00. The smallest absolute Gasteiger partial charge is 0.319 e. The molecule has 1 unspecified atom stereocenters. The molecule has 0 spiro atoms. The summed E-state index contributed by atoms with van der Waals surface area (Å²) < 4.78 is 9.96. The van der Waals surface area contributed by atoms with E-state index in [1.165, 1.54) is 18.9 Å². The Morgan fingerprint density at radius 2 is 2.33 bits per heavy atom. The fraction of sp³-hybridized carbons (Fsp3) is 0.667. The fourth-order valence-electron chi connectivity index (χ4n) is 1.29. The molecule has 0 amide bonds. The van der Waals surface area contributed by atoms with Gasteiger partial charge in [0.2, 0.25) is 5.89 Å². The van der Waals surface area contributed by atoms with Gasteiger partial charge in [0.15, 0.2) is 0 Å². The molecule has 1 heterocycles. The second-order valence-electron chi connectivity index (χ2n) is 3.49. The zero-order chi connectivity index (χ0) is 10.8. The number of esters is 1. The van der Waals surface area contributed by atoms with Gasteiger partial charge in [-0.05, 0) is 30.5 Å². The van der Waals surface area contributed by atoms with Gasteiger partial charge in [0.25, 0.3) is 5.22 Å². The molecule has 1 aliphatic carbocycles. The van der Waals surface area contributed by atoms with Gasteiger partial charge in [-0.3, -0.25) is 4.79 Å². The molecule has 5 nitrogen and oxygen atoms in total. The van der Waals surface area contributed by atoms with Crippen LogP contribution in [-0.2, 0) is 9.53 Å². The maximum absolute atomic E-state index is 11.5. The largest absolute Gasteiger partial charge is 0.468 e. The first-order valence-corrected chi connectivity index (χ1v) is 5.63. The Morgan fingerprint density at radius 1 is 1.60 bits per heavy atom. The van der Waals surface area contributed by atoms with Gasteiger partial charge in [0.1, 0.15) is 5.25 Å². The van der Waals surface area contributed by atoms with E-state index in [1.54, 1.807) is 6.92 Å². The van der Waals surface area contributed by atoms with Crippen LogP contribution < -0.4 is 0 Å². The number of ether oxygens (including phenoxy) is 1. The van der Waals surface area contributed by atoms with Gasteiger partial charge in [-0.2, -0.15) is 0 Å². The monoisotopic (exact) mass is 228 g/mol. The van der Waals surface area contributed by atoms with Crippen molar-refractivity contribution in [2.75, 3.05) is 7.11 Å². The minimum absolute atomic E-state index is 0.199. The Hall–Kier alpha value is -1.04. The number of methoxy groups -OCH3 is 1. The number of aromatic nitrogens is 2. The number of thioether (sulfide) groups is 1. The lowest BCUT2D eigenvalue weighted by Gasteiger charge is -2.09. The Morgan fingerprint density at radius 3 is 2.80 bits per heavy atom. The minimum Gasteiger partial charge on any atom is -0.468 e. The minimum atomic E-state index is -0.210. The van der Waals surface area contributed by atoms with Crippen molar-refractivity contribution in [3.05, 3.63) is 5.89 Å². The Balaban J connectivity index is 2.03. The number of hydrogen-bond acceptors (Lipinski definition) is 6. The second kappa shape index (κ2) is 4.22. The maximum Gasteiger partial charge on any atom is 0.319 e. The quantitative estimate of drug-likeness (QED) is 0.573. The van der Waals surface area contributed by atoms with Crippen LogP contribution in [0.4, 0.5) is 0 Å². The summed E-state index contributed by atoms with van der Waals surface area (Å²) in [6.45, 7) is 1.72. The average Bonchev–Trinajstić information content (AvgIpc) is 2.98. The third-order valence-electron chi connectivity index (χ3n) is 2.22. The number of hydrogen-bond donors (Lipinski definition) is 0. The molecule has 0 bridgehead atoms. The van der Waals surface area contributed by atoms with E-state index >= 15 is 0 Å². The molecule has 1 saturated carbocycles. The maximum atomic E-state index is 11.5. The number of rotatable bonds is 4. The molecule has 1 fully saturated rings. The molecule has 1 atom stereocenters. The van der Waals surface area contributed by atoms with E-state index in [9.17, 15) is 4.79 Å². The van der Waals surface area contributed by atoms with Crippen LogP contribution in [0.15, 0.2) is 9.64 Å². The fourth-order valence-corrected chi connectivity index (χ4v) is 2.42. The van der Waals surface area contributed by atoms with Crippen LogP contribution >= 0.6 is 11.8 Å². The Kier molecular flexibility index (Phi) is 2.95. The molecular formula is C9H12N2O3S. The first-order chi connectivity index (χ1) is 7.20. The number of carbonyl (C=O) groups is 1. The highest BCUT2D eigenvalue weighted by atomic mass is 32.2. The molecular weight excluding hydrogens is 216 g/mol. The molecule has 15 heavy (non-hydrogen) atoms. The molecule has 0 aliphatic heterocycles. The Labute approximate surface area is 91.6 Å².